The molecule has 0 saturated carbocycles. The van der Waals surface area contributed by atoms with Crippen LogP contribution in [0.25, 0.3) is 0 Å². The molecule has 0 saturated heterocycles. The first kappa shape index (κ1) is 15.1. The third kappa shape index (κ3) is 3.76. The van der Waals surface area contributed by atoms with E-state index in [9.17, 15) is 21.2 Å². The molecule has 0 spiro atoms. The largest absolute Gasteiger partial charge is 0.245 e. The summed E-state index contributed by atoms with van der Waals surface area (Å²) < 4.78 is 60.1. The number of halogens is 1. The summed E-state index contributed by atoms with van der Waals surface area (Å²) in [6.45, 7) is -0.213. The van der Waals surface area contributed by atoms with Crippen molar-refractivity contribution in [1.29, 1.82) is 0 Å². The standard InChI is InChI=1S/C10H14FNO4S2/c1-12(7-8-17(2,13)14)18(15,16)10-6-4-3-5-9(10)11/h3-6H,7-8H2,1-2H3. The first-order chi connectivity index (χ1) is 8.14. The number of nitrogens with zero attached hydrogens (tertiary/aromatic N) is 1. The maximum Gasteiger partial charge on any atom is 0.245 e. The minimum absolute atomic E-state index is 0.213. The van der Waals surface area contributed by atoms with E-state index in [1.54, 1.807) is 0 Å². The van der Waals surface area contributed by atoms with Crippen LogP contribution in [0.15, 0.2) is 29.2 Å². The van der Waals surface area contributed by atoms with Crippen LogP contribution in [0.4, 0.5) is 4.39 Å². The van der Waals surface area contributed by atoms with Crippen LogP contribution >= 0.6 is 0 Å². The van der Waals surface area contributed by atoms with Crippen LogP contribution in [0, 0.1) is 5.82 Å². The molecule has 0 heterocycles. The number of sulfone groups is 1. The summed E-state index contributed by atoms with van der Waals surface area (Å²) in [5.74, 6) is -1.17. The first-order valence-electron chi connectivity index (χ1n) is 5.03. The van der Waals surface area contributed by atoms with Crippen LogP contribution in [-0.2, 0) is 19.9 Å². The van der Waals surface area contributed by atoms with E-state index < -0.39 is 30.6 Å². The van der Waals surface area contributed by atoms with E-state index >= 15 is 0 Å². The molecule has 1 aromatic rings. The molecule has 0 fully saturated rings. The molecular formula is C10H14FNO4S2. The summed E-state index contributed by atoms with van der Waals surface area (Å²) in [7, 11) is -6.05. The molecule has 1 rings (SSSR count). The minimum atomic E-state index is -4.00. The Balaban J connectivity index is 2.98. The van der Waals surface area contributed by atoms with E-state index in [-0.39, 0.29) is 12.3 Å². The minimum Gasteiger partial charge on any atom is -0.229 e. The Morgan fingerprint density at radius 2 is 1.72 bits per heavy atom. The fourth-order valence-electron chi connectivity index (χ4n) is 1.24. The average Bonchev–Trinajstić information content (AvgIpc) is 2.25. The summed E-state index contributed by atoms with van der Waals surface area (Å²) in [6, 6.07) is 4.96. The zero-order chi connectivity index (χ0) is 14.0. The lowest BCUT2D eigenvalue weighted by Gasteiger charge is -2.16. The van der Waals surface area contributed by atoms with E-state index in [0.717, 1.165) is 22.7 Å². The first-order valence-corrected chi connectivity index (χ1v) is 8.53. The Hall–Kier alpha value is -0.990. The third-order valence-electron chi connectivity index (χ3n) is 2.30. The summed E-state index contributed by atoms with van der Waals surface area (Å²) in [5, 5.41) is 0. The van der Waals surface area contributed by atoms with Gasteiger partial charge in [0.2, 0.25) is 10.0 Å². The Morgan fingerprint density at radius 3 is 2.22 bits per heavy atom. The number of sulfonamides is 1. The van der Waals surface area contributed by atoms with Gasteiger partial charge in [-0.05, 0) is 12.1 Å². The lowest BCUT2D eigenvalue weighted by Crippen LogP contribution is -2.32. The van der Waals surface area contributed by atoms with Gasteiger partial charge in [0.15, 0.2) is 0 Å². The van der Waals surface area contributed by atoms with Crippen LogP contribution < -0.4 is 0 Å². The maximum atomic E-state index is 13.4. The van der Waals surface area contributed by atoms with E-state index in [1.165, 1.54) is 19.2 Å². The van der Waals surface area contributed by atoms with E-state index in [2.05, 4.69) is 0 Å². The molecule has 18 heavy (non-hydrogen) atoms. The summed E-state index contributed by atoms with van der Waals surface area (Å²) in [5.41, 5.74) is 0. The zero-order valence-corrected chi connectivity index (χ0v) is 11.6. The quantitative estimate of drug-likeness (QED) is 0.792. The molecule has 0 aromatic heterocycles. The topological polar surface area (TPSA) is 71.5 Å². The van der Waals surface area contributed by atoms with Gasteiger partial charge in [0.1, 0.15) is 20.5 Å². The van der Waals surface area contributed by atoms with Crippen molar-refractivity contribution in [3.05, 3.63) is 30.1 Å². The average molecular weight is 295 g/mol. The highest BCUT2D eigenvalue weighted by Crippen LogP contribution is 2.17. The number of benzene rings is 1. The van der Waals surface area contributed by atoms with Gasteiger partial charge in [-0.2, -0.15) is 4.31 Å². The van der Waals surface area contributed by atoms with Gasteiger partial charge in [-0.1, -0.05) is 12.1 Å². The number of hydrogen-bond acceptors (Lipinski definition) is 4. The molecule has 102 valence electrons. The molecule has 0 unspecified atom stereocenters. The van der Waals surface area contributed by atoms with Gasteiger partial charge >= 0.3 is 0 Å². The maximum absolute atomic E-state index is 13.4. The van der Waals surface area contributed by atoms with E-state index in [0.29, 0.717) is 0 Å². The Bertz CT molecular complexity index is 625. The van der Waals surface area contributed by atoms with Crippen molar-refractivity contribution in [2.75, 3.05) is 25.6 Å². The zero-order valence-electron chi connectivity index (χ0n) is 10.00. The van der Waals surface area contributed by atoms with Gasteiger partial charge in [-0.25, -0.2) is 21.2 Å². The van der Waals surface area contributed by atoms with Crippen LogP contribution in [0.1, 0.15) is 0 Å². The fourth-order valence-corrected chi connectivity index (χ4v) is 3.19. The van der Waals surface area contributed by atoms with Crippen LogP contribution in [0.2, 0.25) is 0 Å². The molecule has 0 aliphatic heterocycles. The van der Waals surface area contributed by atoms with E-state index in [1.807, 2.05) is 0 Å². The van der Waals surface area contributed by atoms with Crippen LogP contribution in [0.5, 0.6) is 0 Å². The molecule has 0 amide bonds. The predicted molar refractivity (Wildman–Crippen MR) is 65.9 cm³/mol. The molecule has 0 bridgehead atoms. The second kappa shape index (κ2) is 5.33. The van der Waals surface area contributed by atoms with Gasteiger partial charge in [0.05, 0.1) is 5.75 Å². The second-order valence-corrected chi connectivity index (χ2v) is 8.16. The van der Waals surface area contributed by atoms with Gasteiger partial charge in [-0.15, -0.1) is 0 Å². The molecule has 8 heteroatoms. The van der Waals surface area contributed by atoms with Gasteiger partial charge in [-0.3, -0.25) is 0 Å². The van der Waals surface area contributed by atoms with Crippen molar-refractivity contribution >= 4 is 19.9 Å². The van der Waals surface area contributed by atoms with Crippen molar-refractivity contribution in [2.45, 2.75) is 4.90 Å². The summed E-state index contributed by atoms with van der Waals surface area (Å²) >= 11 is 0. The molecule has 5 nitrogen and oxygen atoms in total. The fraction of sp³-hybridized carbons (Fsp3) is 0.400. The SMILES string of the molecule is CN(CCS(C)(=O)=O)S(=O)(=O)c1ccccc1F. The summed E-state index contributed by atoms with van der Waals surface area (Å²) in [4.78, 5) is -0.457. The monoisotopic (exact) mass is 295 g/mol. The highest BCUT2D eigenvalue weighted by atomic mass is 32.2. The van der Waals surface area contributed by atoms with Crippen LogP contribution in [0.3, 0.4) is 0 Å². The third-order valence-corrected chi connectivity index (χ3v) is 5.12. The Kier molecular flexibility index (Phi) is 4.46. The lowest BCUT2D eigenvalue weighted by molar-refractivity contribution is 0.477. The summed E-state index contributed by atoms with van der Waals surface area (Å²) in [6.07, 6.45) is 1.01. The van der Waals surface area contributed by atoms with Gasteiger partial charge < -0.3 is 0 Å². The number of hydrogen-bond donors (Lipinski definition) is 0. The predicted octanol–water partition coefficient (Wildman–Crippen LogP) is 0.491. The van der Waals surface area contributed by atoms with Gasteiger partial charge in [0.25, 0.3) is 0 Å². The van der Waals surface area contributed by atoms with Crippen molar-refractivity contribution < 1.29 is 21.2 Å². The molecule has 0 aliphatic carbocycles. The molecule has 1 aromatic carbocycles. The molecule has 0 atom stereocenters. The van der Waals surface area contributed by atoms with Crippen molar-refractivity contribution in [3.63, 3.8) is 0 Å². The van der Waals surface area contributed by atoms with Crippen molar-refractivity contribution in [3.8, 4) is 0 Å². The highest BCUT2D eigenvalue weighted by Gasteiger charge is 2.24. The lowest BCUT2D eigenvalue weighted by atomic mass is 10.4. The van der Waals surface area contributed by atoms with Crippen molar-refractivity contribution in [1.82, 2.24) is 4.31 Å². The normalized spacial score (nSPS) is 12.9. The molecule has 0 N–H and O–H groups in total. The van der Waals surface area contributed by atoms with Gasteiger partial charge in [0, 0.05) is 19.8 Å². The van der Waals surface area contributed by atoms with Crippen LogP contribution in [-0.4, -0.2) is 46.7 Å². The number of rotatable bonds is 5. The smallest absolute Gasteiger partial charge is 0.229 e. The Labute approximate surface area is 106 Å². The van der Waals surface area contributed by atoms with E-state index in [4.69, 9.17) is 0 Å². The molecule has 0 radical (unpaired) electrons. The molecule has 0 aliphatic rings. The second-order valence-electron chi connectivity index (χ2n) is 3.89. The van der Waals surface area contributed by atoms with Crippen molar-refractivity contribution in [2.24, 2.45) is 0 Å². The Morgan fingerprint density at radius 1 is 1.17 bits per heavy atom. The molecular weight excluding hydrogens is 281 g/mol. The highest BCUT2D eigenvalue weighted by molar-refractivity contribution is 7.91.